The molecule has 2 N–H and O–H groups in total. The lowest BCUT2D eigenvalue weighted by Gasteiger charge is -2.24. The molecule has 0 bridgehead atoms. The van der Waals surface area contributed by atoms with Crippen LogP contribution in [0.25, 0.3) is 0 Å². The van der Waals surface area contributed by atoms with Gasteiger partial charge in [-0.1, -0.05) is 6.92 Å². The quantitative estimate of drug-likeness (QED) is 0.822. The minimum atomic E-state index is 0.285. The molecule has 0 aromatic carbocycles. The van der Waals surface area contributed by atoms with Gasteiger partial charge >= 0.3 is 0 Å². The standard InChI is InChI=1S/C12H20N2O/c1-2-10-5-6-12(15-10)11(9-13)14-7-3-4-8-14/h5-6,11H,2-4,7-9,13H2,1H3. The van der Waals surface area contributed by atoms with Crippen LogP contribution in [0.1, 0.15) is 37.3 Å². The molecular formula is C12H20N2O. The predicted octanol–water partition coefficient (Wildman–Crippen LogP) is 1.94. The molecule has 0 amide bonds. The lowest BCUT2D eigenvalue weighted by molar-refractivity contribution is 0.218. The second-order valence-corrected chi connectivity index (χ2v) is 4.15. The maximum atomic E-state index is 5.83. The van der Waals surface area contributed by atoms with Crippen molar-refractivity contribution < 1.29 is 4.42 Å². The van der Waals surface area contributed by atoms with Gasteiger partial charge in [0.15, 0.2) is 0 Å². The molecule has 1 aliphatic rings. The second-order valence-electron chi connectivity index (χ2n) is 4.15. The predicted molar refractivity (Wildman–Crippen MR) is 60.7 cm³/mol. The third-order valence-corrected chi connectivity index (χ3v) is 3.16. The molecule has 84 valence electrons. The summed E-state index contributed by atoms with van der Waals surface area (Å²) in [5.41, 5.74) is 5.83. The molecule has 2 heterocycles. The van der Waals surface area contributed by atoms with Crippen LogP contribution >= 0.6 is 0 Å². The van der Waals surface area contributed by atoms with Crippen LogP contribution in [0.3, 0.4) is 0 Å². The molecule has 0 spiro atoms. The first-order valence-electron chi connectivity index (χ1n) is 5.88. The zero-order chi connectivity index (χ0) is 10.7. The minimum absolute atomic E-state index is 0.285. The second kappa shape index (κ2) is 4.81. The smallest absolute Gasteiger partial charge is 0.122 e. The molecule has 3 heteroatoms. The Morgan fingerprint density at radius 1 is 1.40 bits per heavy atom. The van der Waals surface area contributed by atoms with Gasteiger partial charge in [-0.3, -0.25) is 4.90 Å². The lowest BCUT2D eigenvalue weighted by Crippen LogP contribution is -2.31. The van der Waals surface area contributed by atoms with Crippen molar-refractivity contribution in [3.63, 3.8) is 0 Å². The van der Waals surface area contributed by atoms with Crippen molar-refractivity contribution in [3.8, 4) is 0 Å². The molecule has 0 radical (unpaired) electrons. The van der Waals surface area contributed by atoms with Gasteiger partial charge in [0.05, 0.1) is 6.04 Å². The Morgan fingerprint density at radius 2 is 2.13 bits per heavy atom. The number of rotatable bonds is 4. The fourth-order valence-corrected chi connectivity index (χ4v) is 2.26. The SMILES string of the molecule is CCc1ccc(C(CN)N2CCCC2)o1. The number of aryl methyl sites for hydroxylation is 1. The summed E-state index contributed by atoms with van der Waals surface area (Å²) in [6.45, 7) is 5.07. The van der Waals surface area contributed by atoms with Crippen molar-refractivity contribution in [3.05, 3.63) is 23.7 Å². The number of hydrogen-bond donors (Lipinski definition) is 1. The van der Waals surface area contributed by atoms with Crippen molar-refractivity contribution in [1.82, 2.24) is 4.90 Å². The number of hydrogen-bond acceptors (Lipinski definition) is 3. The Kier molecular flexibility index (Phi) is 3.44. The molecule has 1 unspecified atom stereocenters. The van der Waals surface area contributed by atoms with Crippen LogP contribution in [0.5, 0.6) is 0 Å². The van der Waals surface area contributed by atoms with Crippen LogP contribution in [0.15, 0.2) is 16.5 Å². The molecule has 15 heavy (non-hydrogen) atoms. The van der Waals surface area contributed by atoms with E-state index in [0.29, 0.717) is 6.54 Å². The molecule has 0 saturated carbocycles. The van der Waals surface area contributed by atoms with E-state index in [9.17, 15) is 0 Å². The molecule has 1 fully saturated rings. The van der Waals surface area contributed by atoms with Gasteiger partial charge < -0.3 is 10.2 Å². The fourth-order valence-electron chi connectivity index (χ4n) is 2.26. The van der Waals surface area contributed by atoms with E-state index in [0.717, 1.165) is 31.0 Å². The molecule has 1 atom stereocenters. The average Bonchev–Trinajstić information content (AvgIpc) is 2.89. The molecule has 2 rings (SSSR count). The highest BCUT2D eigenvalue weighted by Gasteiger charge is 2.24. The van der Waals surface area contributed by atoms with Gasteiger partial charge in [0.25, 0.3) is 0 Å². The molecule has 1 aliphatic heterocycles. The minimum Gasteiger partial charge on any atom is -0.464 e. The molecule has 1 saturated heterocycles. The molecule has 3 nitrogen and oxygen atoms in total. The van der Waals surface area contributed by atoms with Gasteiger partial charge in [0.1, 0.15) is 11.5 Å². The first-order valence-corrected chi connectivity index (χ1v) is 5.88. The van der Waals surface area contributed by atoms with E-state index in [2.05, 4.69) is 24.0 Å². The van der Waals surface area contributed by atoms with Crippen LogP contribution in [0.4, 0.5) is 0 Å². The molecule has 1 aromatic rings. The summed E-state index contributed by atoms with van der Waals surface area (Å²) < 4.78 is 5.78. The first-order chi connectivity index (χ1) is 7.35. The average molecular weight is 208 g/mol. The Hall–Kier alpha value is -0.800. The van der Waals surface area contributed by atoms with Gasteiger partial charge in [-0.15, -0.1) is 0 Å². The highest BCUT2D eigenvalue weighted by Crippen LogP contribution is 2.25. The lowest BCUT2D eigenvalue weighted by atomic mass is 10.2. The fraction of sp³-hybridized carbons (Fsp3) is 0.667. The third kappa shape index (κ3) is 2.24. The number of nitrogens with zero attached hydrogens (tertiary/aromatic N) is 1. The van der Waals surface area contributed by atoms with E-state index >= 15 is 0 Å². The van der Waals surface area contributed by atoms with E-state index in [1.54, 1.807) is 0 Å². The normalized spacial score (nSPS) is 19.6. The van der Waals surface area contributed by atoms with Crippen LogP contribution < -0.4 is 5.73 Å². The molecule has 1 aromatic heterocycles. The zero-order valence-electron chi connectivity index (χ0n) is 9.41. The first kappa shape index (κ1) is 10.7. The summed E-state index contributed by atoms with van der Waals surface area (Å²) in [4.78, 5) is 2.43. The monoisotopic (exact) mass is 208 g/mol. The molecule has 0 aliphatic carbocycles. The third-order valence-electron chi connectivity index (χ3n) is 3.16. The van der Waals surface area contributed by atoms with Crippen molar-refractivity contribution in [1.29, 1.82) is 0 Å². The van der Waals surface area contributed by atoms with Gasteiger partial charge in [-0.05, 0) is 38.1 Å². The van der Waals surface area contributed by atoms with E-state index in [-0.39, 0.29) is 6.04 Å². The summed E-state index contributed by atoms with van der Waals surface area (Å²) >= 11 is 0. The van der Waals surface area contributed by atoms with Gasteiger partial charge in [0, 0.05) is 13.0 Å². The summed E-state index contributed by atoms with van der Waals surface area (Å²) in [7, 11) is 0. The highest BCUT2D eigenvalue weighted by molar-refractivity contribution is 5.11. The maximum Gasteiger partial charge on any atom is 0.122 e. The maximum absolute atomic E-state index is 5.83. The van der Waals surface area contributed by atoms with Crippen molar-refractivity contribution >= 4 is 0 Å². The summed E-state index contributed by atoms with van der Waals surface area (Å²) in [6, 6.07) is 4.43. The van der Waals surface area contributed by atoms with E-state index < -0.39 is 0 Å². The van der Waals surface area contributed by atoms with Gasteiger partial charge in [-0.25, -0.2) is 0 Å². The zero-order valence-corrected chi connectivity index (χ0v) is 9.41. The summed E-state index contributed by atoms with van der Waals surface area (Å²) in [5, 5.41) is 0. The van der Waals surface area contributed by atoms with E-state index in [4.69, 9.17) is 10.2 Å². The topological polar surface area (TPSA) is 42.4 Å². The summed E-state index contributed by atoms with van der Waals surface area (Å²) in [6.07, 6.45) is 3.53. The van der Waals surface area contributed by atoms with Crippen molar-refractivity contribution in [2.75, 3.05) is 19.6 Å². The van der Waals surface area contributed by atoms with Crippen molar-refractivity contribution in [2.24, 2.45) is 5.73 Å². The Morgan fingerprint density at radius 3 is 2.67 bits per heavy atom. The van der Waals surface area contributed by atoms with Crippen molar-refractivity contribution in [2.45, 2.75) is 32.2 Å². The Labute approximate surface area is 91.2 Å². The van der Waals surface area contributed by atoms with Crippen LogP contribution in [-0.2, 0) is 6.42 Å². The summed E-state index contributed by atoms with van der Waals surface area (Å²) in [5.74, 6) is 2.10. The van der Waals surface area contributed by atoms with E-state index in [1.165, 1.54) is 12.8 Å². The van der Waals surface area contributed by atoms with Crippen LogP contribution in [0.2, 0.25) is 0 Å². The number of furan rings is 1. The molecular weight excluding hydrogens is 188 g/mol. The Balaban J connectivity index is 2.10. The number of nitrogens with two attached hydrogens (primary N) is 1. The number of likely N-dealkylation sites (tertiary alicyclic amines) is 1. The van der Waals surface area contributed by atoms with Crippen LogP contribution in [-0.4, -0.2) is 24.5 Å². The van der Waals surface area contributed by atoms with Gasteiger partial charge in [0.2, 0.25) is 0 Å². The highest BCUT2D eigenvalue weighted by atomic mass is 16.3. The van der Waals surface area contributed by atoms with Crippen LogP contribution in [0, 0.1) is 0 Å². The Bertz CT molecular complexity index is 302. The van der Waals surface area contributed by atoms with E-state index in [1.807, 2.05) is 0 Å². The largest absolute Gasteiger partial charge is 0.464 e. The van der Waals surface area contributed by atoms with Gasteiger partial charge in [-0.2, -0.15) is 0 Å².